The second kappa shape index (κ2) is 17.9. The number of hydrogen-bond acceptors (Lipinski definition) is 4. The fraction of sp³-hybridized carbons (Fsp3) is 0.327. The van der Waals surface area contributed by atoms with Crippen LogP contribution >= 0.6 is 0 Å². The summed E-state index contributed by atoms with van der Waals surface area (Å²) in [5.41, 5.74) is 9.09. The summed E-state index contributed by atoms with van der Waals surface area (Å²) in [6, 6.07) is 36.2. The first kappa shape index (κ1) is 39.9. The van der Waals surface area contributed by atoms with Crippen molar-refractivity contribution in [2.75, 3.05) is 0 Å². The topological polar surface area (TPSA) is 51.8 Å². The Balaban J connectivity index is 0.000000183. The van der Waals surface area contributed by atoms with Crippen molar-refractivity contribution in [1.82, 2.24) is 15.0 Å². The number of furan rings is 1. The molecule has 0 saturated heterocycles. The molecule has 0 unspecified atom stereocenters. The van der Waals surface area contributed by atoms with Crippen LogP contribution in [0.3, 0.4) is 0 Å². The van der Waals surface area contributed by atoms with Crippen molar-refractivity contribution >= 4 is 35.3 Å². The maximum Gasteiger partial charge on any atom is 0.216 e. The van der Waals surface area contributed by atoms with Crippen LogP contribution in [0.1, 0.15) is 68.9 Å². The van der Waals surface area contributed by atoms with Crippen molar-refractivity contribution in [3.05, 3.63) is 132 Å². The molecule has 4 aromatic heterocycles. The summed E-state index contributed by atoms with van der Waals surface area (Å²) < 4.78 is 21.1. The van der Waals surface area contributed by atoms with E-state index >= 15 is 0 Å². The molecule has 2 aliphatic rings. The number of nitrogens with zero attached hydrogens (tertiary/aromatic N) is 3. The van der Waals surface area contributed by atoms with E-state index in [0.717, 1.165) is 46.5 Å². The molecule has 2 fully saturated rings. The van der Waals surface area contributed by atoms with E-state index in [4.69, 9.17) is 9.40 Å². The maximum atomic E-state index is 14.9. The van der Waals surface area contributed by atoms with Gasteiger partial charge in [-0.3, -0.25) is 4.39 Å². The standard InChI is InChI=1S/C29H24FN2O.C20H26NSi.Ir/c30-24-13-11-22(26-18-20(15-16-31-26)17-19-7-3-1-4-8-19)28-27(24)23-12-14-25(32-29(23)33-28)21-9-5-2-6-10-21;1-22(2,3)20-15-21-19(17-11-5-4-6-12-17)14-18(20)13-16-9-7-8-10-16;/h2,5-6,9-10,12-16,18-19H,1,3-4,7-8,17H2;4-6,11,14-16H,7-10,13H2,1-3H3;/q2*-1;. The largest absolute Gasteiger partial charge is 0.486 e. The zero-order valence-corrected chi connectivity index (χ0v) is 36.1. The molecule has 4 heterocycles. The summed E-state index contributed by atoms with van der Waals surface area (Å²) in [6.45, 7) is 7.28. The summed E-state index contributed by atoms with van der Waals surface area (Å²) in [5.74, 6) is 1.25. The molecular weight excluding hydrogens is 886 g/mol. The minimum atomic E-state index is -1.35. The van der Waals surface area contributed by atoms with E-state index in [0.29, 0.717) is 27.6 Å². The summed E-state index contributed by atoms with van der Waals surface area (Å²) in [4.78, 5) is 14.0. The van der Waals surface area contributed by atoms with E-state index in [2.05, 4.69) is 78.3 Å². The van der Waals surface area contributed by atoms with Gasteiger partial charge in [-0.25, -0.2) is 4.98 Å². The van der Waals surface area contributed by atoms with Gasteiger partial charge in [0.1, 0.15) is 0 Å². The molecule has 0 spiro atoms. The van der Waals surface area contributed by atoms with Crippen LogP contribution < -0.4 is 5.19 Å². The van der Waals surface area contributed by atoms with Crippen molar-refractivity contribution < 1.29 is 28.9 Å². The Morgan fingerprint density at radius 3 is 2.21 bits per heavy atom. The second-order valence-electron chi connectivity index (χ2n) is 16.6. The van der Waals surface area contributed by atoms with Gasteiger partial charge < -0.3 is 14.4 Å². The minimum Gasteiger partial charge on any atom is -0.486 e. The van der Waals surface area contributed by atoms with E-state index in [-0.39, 0.29) is 25.9 Å². The van der Waals surface area contributed by atoms with Gasteiger partial charge in [-0.1, -0.05) is 137 Å². The molecule has 0 amide bonds. The van der Waals surface area contributed by atoms with Gasteiger partial charge in [0.2, 0.25) is 5.71 Å². The number of benzene rings is 3. The van der Waals surface area contributed by atoms with Crippen LogP contribution in [0.5, 0.6) is 0 Å². The molecule has 1 radical (unpaired) electrons. The van der Waals surface area contributed by atoms with Gasteiger partial charge >= 0.3 is 0 Å². The maximum absolute atomic E-state index is 14.9. The molecule has 9 rings (SSSR count). The van der Waals surface area contributed by atoms with Crippen LogP contribution in [0, 0.1) is 29.8 Å². The Hall–Kier alpha value is -4.29. The molecule has 0 N–H and O–H groups in total. The minimum absolute atomic E-state index is 0. The molecule has 2 saturated carbocycles. The normalized spacial score (nSPS) is 15.1. The van der Waals surface area contributed by atoms with E-state index in [1.165, 1.54) is 75.8 Å². The van der Waals surface area contributed by atoms with Gasteiger partial charge in [0.05, 0.1) is 19.4 Å². The molecule has 0 atom stereocenters. The Kier molecular flexibility index (Phi) is 12.7. The molecule has 2 aliphatic carbocycles. The predicted octanol–water partition coefficient (Wildman–Crippen LogP) is 12.6. The van der Waals surface area contributed by atoms with E-state index in [9.17, 15) is 4.39 Å². The molecular formula is C49H50FIrN3OSi-2. The quantitative estimate of drug-likeness (QED) is 0.113. The molecule has 3 aromatic carbocycles. The molecule has 289 valence electrons. The Morgan fingerprint density at radius 1 is 0.750 bits per heavy atom. The predicted molar refractivity (Wildman–Crippen MR) is 226 cm³/mol. The smallest absolute Gasteiger partial charge is 0.216 e. The van der Waals surface area contributed by atoms with Crippen LogP contribution in [0.15, 0.2) is 108 Å². The summed E-state index contributed by atoms with van der Waals surface area (Å²) in [6.07, 6.45) is 18.5. The van der Waals surface area contributed by atoms with Crippen LogP contribution in [0.25, 0.3) is 55.8 Å². The third kappa shape index (κ3) is 9.12. The summed E-state index contributed by atoms with van der Waals surface area (Å²) in [5, 5.41) is 2.64. The summed E-state index contributed by atoms with van der Waals surface area (Å²) >= 11 is 0. The van der Waals surface area contributed by atoms with Crippen LogP contribution in [-0.4, -0.2) is 23.0 Å². The Bertz CT molecular complexity index is 2380. The first-order valence-electron chi connectivity index (χ1n) is 20.2. The molecule has 56 heavy (non-hydrogen) atoms. The zero-order chi connectivity index (χ0) is 37.8. The number of hydrogen-bond donors (Lipinski definition) is 0. The van der Waals surface area contributed by atoms with Crippen molar-refractivity contribution in [1.29, 1.82) is 0 Å². The van der Waals surface area contributed by atoms with Crippen LogP contribution in [0.4, 0.5) is 4.39 Å². The number of halogens is 1. The zero-order valence-electron chi connectivity index (χ0n) is 32.7. The molecule has 7 aromatic rings. The Labute approximate surface area is 345 Å². The van der Waals surface area contributed by atoms with Crippen molar-refractivity contribution in [2.45, 2.75) is 90.3 Å². The number of aromatic nitrogens is 3. The van der Waals surface area contributed by atoms with Gasteiger partial charge in [0, 0.05) is 49.3 Å². The first-order valence-corrected chi connectivity index (χ1v) is 23.7. The van der Waals surface area contributed by atoms with Crippen LogP contribution in [-0.2, 0) is 32.9 Å². The first-order chi connectivity index (χ1) is 26.8. The van der Waals surface area contributed by atoms with Gasteiger partial charge in [-0.15, -0.1) is 48.0 Å². The van der Waals surface area contributed by atoms with Crippen molar-refractivity contribution in [3.63, 3.8) is 0 Å². The average molecular weight is 936 g/mol. The van der Waals surface area contributed by atoms with E-state index in [1.807, 2.05) is 60.8 Å². The van der Waals surface area contributed by atoms with Crippen molar-refractivity contribution in [2.24, 2.45) is 11.8 Å². The van der Waals surface area contributed by atoms with E-state index in [1.54, 1.807) is 10.8 Å². The van der Waals surface area contributed by atoms with Crippen LogP contribution in [0.2, 0.25) is 19.6 Å². The third-order valence-corrected chi connectivity index (χ3v) is 13.6. The molecule has 7 heteroatoms. The molecule has 0 bridgehead atoms. The fourth-order valence-corrected chi connectivity index (χ4v) is 10.2. The van der Waals surface area contributed by atoms with Gasteiger partial charge in [-0.05, 0) is 64.8 Å². The SMILES string of the molecule is C[Si](C)(C)c1cnc(-c2[c-]cccc2)cc1CC1CCCC1.Fc1c[c-]c(-c2cc(CC3CCCCC3)ccn2)c2oc3nc(-c4ccccc4)ccc3c12.[Ir]. The Morgan fingerprint density at radius 2 is 1.48 bits per heavy atom. The van der Waals surface area contributed by atoms with Gasteiger partial charge in [0.15, 0.2) is 0 Å². The summed E-state index contributed by atoms with van der Waals surface area (Å²) in [7, 11) is -1.35. The number of rotatable bonds is 8. The number of fused-ring (bicyclic) bond motifs is 3. The monoisotopic (exact) mass is 936 g/mol. The average Bonchev–Trinajstić information content (AvgIpc) is 3.87. The third-order valence-electron chi connectivity index (χ3n) is 11.5. The molecule has 4 nitrogen and oxygen atoms in total. The fourth-order valence-electron chi connectivity index (χ4n) is 8.65. The van der Waals surface area contributed by atoms with E-state index < -0.39 is 8.07 Å². The van der Waals surface area contributed by atoms with Crippen molar-refractivity contribution in [3.8, 4) is 33.8 Å². The van der Waals surface area contributed by atoms with Gasteiger partial charge in [-0.2, -0.15) is 0 Å². The van der Waals surface area contributed by atoms with Gasteiger partial charge in [0.25, 0.3) is 0 Å². The molecule has 0 aliphatic heterocycles. The second-order valence-corrected chi connectivity index (χ2v) is 21.6. The number of pyridine rings is 3.